The molecule has 1 saturated heterocycles. The lowest BCUT2D eigenvalue weighted by Crippen LogP contribution is -2.39. The Morgan fingerprint density at radius 1 is 1.38 bits per heavy atom. The fourth-order valence-electron chi connectivity index (χ4n) is 1.99. The van der Waals surface area contributed by atoms with E-state index < -0.39 is 0 Å². The molecule has 0 aliphatic carbocycles. The summed E-state index contributed by atoms with van der Waals surface area (Å²) in [5, 5.41) is 0. The van der Waals surface area contributed by atoms with Crippen molar-refractivity contribution in [3.05, 3.63) is 12.2 Å². The Balaban J connectivity index is 1.79. The van der Waals surface area contributed by atoms with Gasteiger partial charge in [0.15, 0.2) is 0 Å². The molecule has 0 spiro atoms. The lowest BCUT2D eigenvalue weighted by Gasteiger charge is -2.26. The number of ether oxygens (including phenoxy) is 1. The molecule has 0 radical (unpaired) electrons. The van der Waals surface area contributed by atoms with Crippen LogP contribution >= 0.6 is 0 Å². The molecule has 2 aliphatic heterocycles. The molecule has 74 valence electrons. The molecular formula is C10H18N2O. The van der Waals surface area contributed by atoms with Crippen LogP contribution in [0.1, 0.15) is 6.42 Å². The molecule has 2 heterocycles. The fourth-order valence-corrected chi connectivity index (χ4v) is 1.99. The summed E-state index contributed by atoms with van der Waals surface area (Å²) in [6, 6.07) is 0.255. The van der Waals surface area contributed by atoms with Gasteiger partial charge in [-0.1, -0.05) is 12.2 Å². The Bertz CT molecular complexity index is 193. The third-order valence-corrected chi connectivity index (χ3v) is 2.88. The maximum absolute atomic E-state index is 5.93. The van der Waals surface area contributed by atoms with E-state index in [0.29, 0.717) is 5.92 Å². The molecule has 2 aliphatic rings. The first kappa shape index (κ1) is 9.19. The smallest absolute Gasteiger partial charge is 0.0621 e. The van der Waals surface area contributed by atoms with Crippen molar-refractivity contribution in [2.45, 2.75) is 12.5 Å². The summed E-state index contributed by atoms with van der Waals surface area (Å²) in [5.41, 5.74) is 5.93. The van der Waals surface area contributed by atoms with E-state index in [-0.39, 0.29) is 6.04 Å². The van der Waals surface area contributed by atoms with Crippen LogP contribution in [-0.4, -0.2) is 43.8 Å². The third-order valence-electron chi connectivity index (χ3n) is 2.88. The Morgan fingerprint density at radius 3 is 2.92 bits per heavy atom. The average molecular weight is 182 g/mol. The van der Waals surface area contributed by atoms with Crippen LogP contribution in [0.2, 0.25) is 0 Å². The van der Waals surface area contributed by atoms with Gasteiger partial charge in [-0.15, -0.1) is 0 Å². The van der Waals surface area contributed by atoms with Gasteiger partial charge in [0.1, 0.15) is 0 Å². The summed E-state index contributed by atoms with van der Waals surface area (Å²) in [7, 11) is 0. The van der Waals surface area contributed by atoms with Gasteiger partial charge in [-0.05, 0) is 6.42 Å². The van der Waals surface area contributed by atoms with Gasteiger partial charge < -0.3 is 10.5 Å². The molecule has 0 saturated carbocycles. The molecule has 2 rings (SSSR count). The summed E-state index contributed by atoms with van der Waals surface area (Å²) in [6.07, 6.45) is 5.68. The van der Waals surface area contributed by atoms with Crippen molar-refractivity contribution in [2.75, 3.05) is 32.8 Å². The number of nitrogens with zero attached hydrogens (tertiary/aromatic N) is 1. The molecule has 1 fully saturated rings. The van der Waals surface area contributed by atoms with Crippen LogP contribution < -0.4 is 5.73 Å². The van der Waals surface area contributed by atoms with Crippen molar-refractivity contribution in [3.8, 4) is 0 Å². The fraction of sp³-hybridized carbons (Fsp3) is 0.800. The highest BCUT2D eigenvalue weighted by Gasteiger charge is 2.26. The van der Waals surface area contributed by atoms with Gasteiger partial charge in [0.2, 0.25) is 0 Å². The second-order valence-corrected chi connectivity index (χ2v) is 3.98. The summed E-state index contributed by atoms with van der Waals surface area (Å²) in [4.78, 5) is 2.46. The van der Waals surface area contributed by atoms with E-state index in [2.05, 4.69) is 17.1 Å². The van der Waals surface area contributed by atoms with Crippen LogP contribution in [-0.2, 0) is 4.74 Å². The van der Waals surface area contributed by atoms with Crippen molar-refractivity contribution < 1.29 is 4.74 Å². The Labute approximate surface area is 79.5 Å². The zero-order valence-corrected chi connectivity index (χ0v) is 7.98. The van der Waals surface area contributed by atoms with Crippen molar-refractivity contribution >= 4 is 0 Å². The van der Waals surface area contributed by atoms with Crippen LogP contribution in [0, 0.1) is 5.92 Å². The lowest BCUT2D eigenvalue weighted by atomic mass is 10.0. The van der Waals surface area contributed by atoms with E-state index in [4.69, 9.17) is 10.5 Å². The van der Waals surface area contributed by atoms with Crippen molar-refractivity contribution in [3.63, 3.8) is 0 Å². The summed E-state index contributed by atoms with van der Waals surface area (Å²) >= 11 is 0. The molecule has 0 aromatic carbocycles. The highest BCUT2D eigenvalue weighted by molar-refractivity contribution is 4.92. The summed E-state index contributed by atoms with van der Waals surface area (Å²) < 4.78 is 5.34. The Kier molecular flexibility index (Phi) is 2.98. The minimum atomic E-state index is 0.255. The normalized spacial score (nSPS) is 35.5. The predicted molar refractivity (Wildman–Crippen MR) is 52.5 cm³/mol. The van der Waals surface area contributed by atoms with E-state index >= 15 is 0 Å². The van der Waals surface area contributed by atoms with E-state index in [9.17, 15) is 0 Å². The van der Waals surface area contributed by atoms with Crippen LogP contribution in [0.25, 0.3) is 0 Å². The Morgan fingerprint density at radius 2 is 2.31 bits per heavy atom. The van der Waals surface area contributed by atoms with Crippen molar-refractivity contribution in [1.29, 1.82) is 0 Å². The monoisotopic (exact) mass is 182 g/mol. The summed E-state index contributed by atoms with van der Waals surface area (Å²) in [5.74, 6) is 0.548. The van der Waals surface area contributed by atoms with Gasteiger partial charge in [-0.2, -0.15) is 0 Å². The topological polar surface area (TPSA) is 38.5 Å². The average Bonchev–Trinajstić information content (AvgIpc) is 2.54. The van der Waals surface area contributed by atoms with Crippen LogP contribution in [0.5, 0.6) is 0 Å². The minimum Gasteiger partial charge on any atom is -0.379 e. The minimum absolute atomic E-state index is 0.255. The van der Waals surface area contributed by atoms with E-state index in [1.807, 2.05) is 0 Å². The predicted octanol–water partition coefficient (Wildman–Crippen LogP) is 0.222. The molecule has 2 unspecified atom stereocenters. The number of hydrogen-bond acceptors (Lipinski definition) is 3. The molecule has 3 heteroatoms. The zero-order valence-electron chi connectivity index (χ0n) is 7.98. The van der Waals surface area contributed by atoms with Crippen LogP contribution in [0.3, 0.4) is 0 Å². The Hall–Kier alpha value is -0.380. The first-order valence-electron chi connectivity index (χ1n) is 5.07. The number of hydrogen-bond donors (Lipinski definition) is 1. The van der Waals surface area contributed by atoms with Gasteiger partial charge in [0, 0.05) is 31.6 Å². The second kappa shape index (κ2) is 4.22. The maximum atomic E-state index is 5.93. The quantitative estimate of drug-likeness (QED) is 0.621. The SMILES string of the molecule is NC1COCC1CN1CC=CCC1. The summed E-state index contributed by atoms with van der Waals surface area (Å²) in [6.45, 7) is 4.96. The highest BCUT2D eigenvalue weighted by atomic mass is 16.5. The second-order valence-electron chi connectivity index (χ2n) is 3.98. The molecule has 0 aromatic heterocycles. The lowest BCUT2D eigenvalue weighted by molar-refractivity contribution is 0.170. The van der Waals surface area contributed by atoms with E-state index in [1.54, 1.807) is 0 Å². The number of rotatable bonds is 2. The molecule has 3 nitrogen and oxygen atoms in total. The van der Waals surface area contributed by atoms with E-state index in [1.165, 1.54) is 13.0 Å². The van der Waals surface area contributed by atoms with Gasteiger partial charge in [-0.3, -0.25) is 4.90 Å². The largest absolute Gasteiger partial charge is 0.379 e. The zero-order chi connectivity index (χ0) is 9.10. The standard InChI is InChI=1S/C10H18N2O/c11-10-8-13-7-9(10)6-12-4-2-1-3-5-12/h1-2,9-10H,3-8,11H2. The molecule has 0 amide bonds. The van der Waals surface area contributed by atoms with Gasteiger partial charge in [0.05, 0.1) is 13.2 Å². The molecule has 0 bridgehead atoms. The third kappa shape index (κ3) is 2.30. The molecule has 0 aromatic rings. The highest BCUT2D eigenvalue weighted by Crippen LogP contribution is 2.14. The maximum Gasteiger partial charge on any atom is 0.0621 e. The van der Waals surface area contributed by atoms with Gasteiger partial charge in [-0.25, -0.2) is 0 Å². The molecule has 13 heavy (non-hydrogen) atoms. The van der Waals surface area contributed by atoms with Crippen molar-refractivity contribution in [1.82, 2.24) is 4.90 Å². The van der Waals surface area contributed by atoms with Crippen LogP contribution in [0.4, 0.5) is 0 Å². The molecule has 2 atom stereocenters. The van der Waals surface area contributed by atoms with Crippen LogP contribution in [0.15, 0.2) is 12.2 Å². The number of nitrogens with two attached hydrogens (primary N) is 1. The van der Waals surface area contributed by atoms with Gasteiger partial charge in [0.25, 0.3) is 0 Å². The first-order chi connectivity index (χ1) is 6.36. The first-order valence-corrected chi connectivity index (χ1v) is 5.07. The van der Waals surface area contributed by atoms with Gasteiger partial charge >= 0.3 is 0 Å². The molecule has 2 N–H and O–H groups in total. The molecular weight excluding hydrogens is 164 g/mol. The van der Waals surface area contributed by atoms with Crippen molar-refractivity contribution in [2.24, 2.45) is 11.7 Å². The van der Waals surface area contributed by atoms with E-state index in [0.717, 1.165) is 26.3 Å².